The molecule has 3 heteroatoms. The van der Waals surface area contributed by atoms with E-state index in [2.05, 4.69) is 21.7 Å². The average Bonchev–Trinajstić information content (AvgIpc) is 2.33. The lowest BCUT2D eigenvalue weighted by Crippen LogP contribution is -2.33. The highest BCUT2D eigenvalue weighted by Gasteiger charge is 2.01. The Morgan fingerprint density at radius 2 is 1.81 bits per heavy atom. The highest BCUT2D eigenvalue weighted by Crippen LogP contribution is 2.11. The first-order valence-electron chi connectivity index (χ1n) is 5.39. The summed E-state index contributed by atoms with van der Waals surface area (Å²) >= 11 is 0. The molecule has 0 radical (unpaired) electrons. The van der Waals surface area contributed by atoms with Crippen molar-refractivity contribution in [3.63, 3.8) is 0 Å². The summed E-state index contributed by atoms with van der Waals surface area (Å²) in [5.74, 6) is 0.922. The molecule has 2 rings (SSSR count). The molecule has 0 saturated carbocycles. The number of benzene rings is 1. The molecule has 2 aromatic rings. The zero-order chi connectivity index (χ0) is 11.2. The Bertz CT molecular complexity index is 425. The molecule has 1 aromatic heterocycles. The molecule has 82 valence electrons. The second-order valence-corrected chi connectivity index (χ2v) is 3.49. The predicted molar refractivity (Wildman–Crippen MR) is 61.1 cm³/mol. The standard InChI is InChI=1S/C13H15N2O/c1-2-16-13-5-3-12(4-6-13)11-15-9-7-14-8-10-15/h3-10H,2,11H2,1H3/q+1. The molecular weight excluding hydrogens is 200 g/mol. The van der Waals surface area contributed by atoms with Crippen LogP contribution in [0.15, 0.2) is 49.1 Å². The lowest BCUT2D eigenvalue weighted by Gasteiger charge is -2.03. The van der Waals surface area contributed by atoms with E-state index in [4.69, 9.17) is 4.74 Å². The first-order valence-corrected chi connectivity index (χ1v) is 5.39. The van der Waals surface area contributed by atoms with E-state index in [1.165, 1.54) is 5.56 Å². The Balaban J connectivity index is 2.05. The van der Waals surface area contributed by atoms with Gasteiger partial charge in [0.1, 0.15) is 5.75 Å². The minimum absolute atomic E-state index is 0.707. The van der Waals surface area contributed by atoms with Gasteiger partial charge in [-0.05, 0) is 31.2 Å². The van der Waals surface area contributed by atoms with E-state index in [1.807, 2.05) is 31.5 Å². The molecule has 0 saturated heterocycles. The maximum atomic E-state index is 5.39. The number of hydrogen-bond donors (Lipinski definition) is 0. The van der Waals surface area contributed by atoms with Gasteiger partial charge in [0.25, 0.3) is 0 Å². The van der Waals surface area contributed by atoms with Crippen LogP contribution in [0.3, 0.4) is 0 Å². The SMILES string of the molecule is CCOc1ccc(C[n+]2ccncc2)cc1. The fraction of sp³-hybridized carbons (Fsp3) is 0.231. The normalized spacial score (nSPS) is 10.1. The summed E-state index contributed by atoms with van der Waals surface area (Å²) in [6, 6.07) is 8.16. The first-order chi connectivity index (χ1) is 7.88. The molecule has 0 spiro atoms. The zero-order valence-electron chi connectivity index (χ0n) is 9.34. The van der Waals surface area contributed by atoms with Crippen molar-refractivity contribution >= 4 is 0 Å². The van der Waals surface area contributed by atoms with Gasteiger partial charge in [0.15, 0.2) is 18.9 Å². The molecule has 1 heterocycles. The topological polar surface area (TPSA) is 26.0 Å². The van der Waals surface area contributed by atoms with Crippen molar-refractivity contribution in [1.29, 1.82) is 0 Å². The summed E-state index contributed by atoms with van der Waals surface area (Å²) < 4.78 is 7.48. The Kier molecular flexibility index (Phi) is 3.49. The van der Waals surface area contributed by atoms with Crippen LogP contribution in [0.1, 0.15) is 12.5 Å². The van der Waals surface area contributed by atoms with Crippen molar-refractivity contribution in [2.24, 2.45) is 0 Å². The van der Waals surface area contributed by atoms with Gasteiger partial charge in [-0.25, -0.2) is 0 Å². The summed E-state index contributed by atoms with van der Waals surface area (Å²) in [5.41, 5.74) is 1.25. The van der Waals surface area contributed by atoms with Gasteiger partial charge in [0.05, 0.1) is 19.0 Å². The maximum Gasteiger partial charge on any atom is 0.187 e. The third-order valence-corrected chi connectivity index (χ3v) is 2.29. The summed E-state index contributed by atoms with van der Waals surface area (Å²) in [7, 11) is 0. The smallest absolute Gasteiger partial charge is 0.187 e. The summed E-state index contributed by atoms with van der Waals surface area (Å²) in [4.78, 5) is 3.98. The van der Waals surface area contributed by atoms with E-state index in [-0.39, 0.29) is 0 Å². The molecule has 0 aliphatic carbocycles. The van der Waals surface area contributed by atoms with Crippen molar-refractivity contribution < 1.29 is 9.30 Å². The molecule has 1 aromatic carbocycles. The highest BCUT2D eigenvalue weighted by molar-refractivity contribution is 5.26. The van der Waals surface area contributed by atoms with E-state index in [0.29, 0.717) is 6.61 Å². The molecule has 0 aliphatic heterocycles. The van der Waals surface area contributed by atoms with E-state index < -0.39 is 0 Å². The number of aromatic nitrogens is 2. The van der Waals surface area contributed by atoms with Gasteiger partial charge in [-0.15, -0.1) is 0 Å². The zero-order valence-corrected chi connectivity index (χ0v) is 9.34. The molecule has 0 bridgehead atoms. The van der Waals surface area contributed by atoms with Gasteiger partial charge in [0, 0.05) is 5.56 Å². The van der Waals surface area contributed by atoms with E-state index >= 15 is 0 Å². The van der Waals surface area contributed by atoms with Crippen molar-refractivity contribution in [1.82, 2.24) is 4.98 Å². The van der Waals surface area contributed by atoms with Gasteiger partial charge in [-0.3, -0.25) is 4.98 Å². The van der Waals surface area contributed by atoms with Crippen molar-refractivity contribution in [3.8, 4) is 5.75 Å². The molecule has 3 nitrogen and oxygen atoms in total. The van der Waals surface area contributed by atoms with Crippen LogP contribution in [-0.4, -0.2) is 11.6 Å². The van der Waals surface area contributed by atoms with Crippen molar-refractivity contribution in [2.75, 3.05) is 6.61 Å². The van der Waals surface area contributed by atoms with Crippen LogP contribution in [0, 0.1) is 0 Å². The van der Waals surface area contributed by atoms with Crippen molar-refractivity contribution in [3.05, 3.63) is 54.6 Å². The Hall–Kier alpha value is -1.90. The van der Waals surface area contributed by atoms with E-state index in [0.717, 1.165) is 12.3 Å². The van der Waals surface area contributed by atoms with E-state index in [9.17, 15) is 0 Å². The van der Waals surface area contributed by atoms with Gasteiger partial charge < -0.3 is 4.74 Å². The number of nitrogens with zero attached hydrogens (tertiary/aromatic N) is 2. The van der Waals surface area contributed by atoms with Crippen LogP contribution in [0.4, 0.5) is 0 Å². The highest BCUT2D eigenvalue weighted by atomic mass is 16.5. The van der Waals surface area contributed by atoms with Gasteiger partial charge >= 0.3 is 0 Å². The van der Waals surface area contributed by atoms with Crippen LogP contribution in [-0.2, 0) is 6.54 Å². The fourth-order valence-corrected chi connectivity index (χ4v) is 1.52. The lowest BCUT2D eigenvalue weighted by atomic mass is 10.2. The predicted octanol–water partition coefficient (Wildman–Crippen LogP) is 1.82. The minimum Gasteiger partial charge on any atom is -0.494 e. The minimum atomic E-state index is 0.707. The molecule has 0 fully saturated rings. The summed E-state index contributed by atoms with van der Waals surface area (Å²) in [5, 5.41) is 0. The van der Waals surface area contributed by atoms with Crippen LogP contribution in [0.5, 0.6) is 5.75 Å². The van der Waals surface area contributed by atoms with Crippen LogP contribution < -0.4 is 9.30 Å². The largest absolute Gasteiger partial charge is 0.494 e. The van der Waals surface area contributed by atoms with Crippen LogP contribution in [0.2, 0.25) is 0 Å². The maximum absolute atomic E-state index is 5.39. The fourth-order valence-electron chi connectivity index (χ4n) is 1.52. The monoisotopic (exact) mass is 215 g/mol. The van der Waals surface area contributed by atoms with E-state index in [1.54, 1.807) is 12.4 Å². The second kappa shape index (κ2) is 5.26. The van der Waals surface area contributed by atoms with Crippen LogP contribution in [0.25, 0.3) is 0 Å². The molecule has 0 unspecified atom stereocenters. The summed E-state index contributed by atoms with van der Waals surface area (Å²) in [6.07, 6.45) is 7.48. The molecule has 0 N–H and O–H groups in total. The van der Waals surface area contributed by atoms with Gasteiger partial charge in [-0.2, -0.15) is 4.57 Å². The van der Waals surface area contributed by atoms with Gasteiger partial charge in [-0.1, -0.05) is 0 Å². The molecule has 16 heavy (non-hydrogen) atoms. The number of rotatable bonds is 4. The van der Waals surface area contributed by atoms with Crippen LogP contribution >= 0.6 is 0 Å². The number of ether oxygens (including phenoxy) is 1. The average molecular weight is 215 g/mol. The number of hydrogen-bond acceptors (Lipinski definition) is 2. The third-order valence-electron chi connectivity index (χ3n) is 2.29. The Morgan fingerprint density at radius 1 is 1.12 bits per heavy atom. The quantitative estimate of drug-likeness (QED) is 0.727. The molecule has 0 aliphatic rings. The van der Waals surface area contributed by atoms with Gasteiger partial charge in [0.2, 0.25) is 0 Å². The lowest BCUT2D eigenvalue weighted by molar-refractivity contribution is -0.688. The Labute approximate surface area is 95.3 Å². The van der Waals surface area contributed by atoms with Crippen molar-refractivity contribution in [2.45, 2.75) is 13.5 Å². The molecular formula is C13H15N2O+. The Morgan fingerprint density at radius 3 is 2.44 bits per heavy atom. The third kappa shape index (κ3) is 2.79. The first kappa shape index (κ1) is 10.6. The second-order valence-electron chi connectivity index (χ2n) is 3.49. The molecule has 0 amide bonds. The molecule has 0 atom stereocenters. The summed E-state index contributed by atoms with van der Waals surface area (Å²) in [6.45, 7) is 3.55.